The van der Waals surface area contributed by atoms with E-state index in [1.807, 2.05) is 18.2 Å². The van der Waals surface area contributed by atoms with Gasteiger partial charge in [0.25, 0.3) is 5.69 Å². The molecule has 1 heterocycles. The quantitative estimate of drug-likeness (QED) is 0.622. The highest BCUT2D eigenvalue weighted by molar-refractivity contribution is 5.89. The molecule has 2 N–H and O–H groups in total. The number of urea groups is 1. The first-order valence-corrected chi connectivity index (χ1v) is 9.10. The number of likely N-dealkylation sites (tertiary alicyclic amines) is 1. The Morgan fingerprint density at radius 3 is 2.56 bits per heavy atom. The molecular formula is C20H24N4O3. The molecule has 1 aliphatic rings. The minimum absolute atomic E-state index is 0.00187. The van der Waals surface area contributed by atoms with Gasteiger partial charge in [-0.3, -0.25) is 15.0 Å². The van der Waals surface area contributed by atoms with Gasteiger partial charge >= 0.3 is 6.03 Å². The van der Waals surface area contributed by atoms with E-state index in [2.05, 4.69) is 27.7 Å². The standard InChI is InChI=1S/C20H24N4O3/c1-15-7-8-18(13-19(15)24(26)27)22-20(25)21-17-9-11-23(12-10-17)14-16-5-3-2-4-6-16/h2-8,13,17H,9-12,14H2,1H3,(H2,21,22,25). The molecule has 0 radical (unpaired) electrons. The van der Waals surface area contributed by atoms with Crippen LogP contribution in [0.4, 0.5) is 16.2 Å². The number of benzene rings is 2. The summed E-state index contributed by atoms with van der Waals surface area (Å²) in [6, 6.07) is 14.8. The number of hydrogen-bond acceptors (Lipinski definition) is 4. The van der Waals surface area contributed by atoms with Crippen molar-refractivity contribution in [1.29, 1.82) is 0 Å². The van der Waals surface area contributed by atoms with Gasteiger partial charge in [0.15, 0.2) is 0 Å². The fourth-order valence-electron chi connectivity index (χ4n) is 3.31. The Labute approximate surface area is 158 Å². The number of hydrogen-bond donors (Lipinski definition) is 2. The highest BCUT2D eigenvalue weighted by Gasteiger charge is 2.21. The summed E-state index contributed by atoms with van der Waals surface area (Å²) in [6.07, 6.45) is 1.77. The lowest BCUT2D eigenvalue weighted by Gasteiger charge is -2.32. The third-order valence-corrected chi connectivity index (χ3v) is 4.84. The molecular weight excluding hydrogens is 344 g/mol. The number of anilines is 1. The maximum atomic E-state index is 12.2. The van der Waals surface area contributed by atoms with E-state index in [1.54, 1.807) is 19.1 Å². The molecule has 2 amide bonds. The Balaban J connectivity index is 1.47. The molecule has 1 aliphatic heterocycles. The first kappa shape index (κ1) is 18.8. The number of carbonyl (C=O) groups is 1. The summed E-state index contributed by atoms with van der Waals surface area (Å²) in [7, 11) is 0. The van der Waals surface area contributed by atoms with E-state index >= 15 is 0 Å². The molecule has 1 fully saturated rings. The number of nitro groups is 1. The Kier molecular flexibility index (Phi) is 6.03. The zero-order valence-electron chi connectivity index (χ0n) is 15.4. The second-order valence-electron chi connectivity index (χ2n) is 6.89. The molecule has 27 heavy (non-hydrogen) atoms. The molecule has 142 valence electrons. The fraction of sp³-hybridized carbons (Fsp3) is 0.350. The highest BCUT2D eigenvalue weighted by Crippen LogP contribution is 2.22. The lowest BCUT2D eigenvalue weighted by Crippen LogP contribution is -2.45. The van der Waals surface area contributed by atoms with Gasteiger partial charge in [0, 0.05) is 43.0 Å². The Hall–Kier alpha value is -2.93. The normalized spacial score (nSPS) is 15.3. The van der Waals surface area contributed by atoms with Gasteiger partial charge in [-0.2, -0.15) is 0 Å². The van der Waals surface area contributed by atoms with Crippen LogP contribution >= 0.6 is 0 Å². The summed E-state index contributed by atoms with van der Waals surface area (Å²) < 4.78 is 0. The molecule has 7 heteroatoms. The molecule has 0 aromatic heterocycles. The van der Waals surface area contributed by atoms with Crippen molar-refractivity contribution in [1.82, 2.24) is 10.2 Å². The van der Waals surface area contributed by atoms with Gasteiger partial charge in [0.2, 0.25) is 0 Å². The summed E-state index contributed by atoms with van der Waals surface area (Å²) in [6.45, 7) is 4.45. The van der Waals surface area contributed by atoms with Gasteiger partial charge in [0.1, 0.15) is 0 Å². The molecule has 7 nitrogen and oxygen atoms in total. The van der Waals surface area contributed by atoms with Crippen LogP contribution in [0.1, 0.15) is 24.0 Å². The topological polar surface area (TPSA) is 87.5 Å². The summed E-state index contributed by atoms with van der Waals surface area (Å²) in [4.78, 5) is 25.2. The fourth-order valence-corrected chi connectivity index (χ4v) is 3.31. The summed E-state index contributed by atoms with van der Waals surface area (Å²) in [5.74, 6) is 0. The van der Waals surface area contributed by atoms with E-state index in [9.17, 15) is 14.9 Å². The number of carbonyl (C=O) groups excluding carboxylic acids is 1. The maximum absolute atomic E-state index is 12.2. The van der Waals surface area contributed by atoms with Crippen LogP contribution in [0.2, 0.25) is 0 Å². The molecule has 0 bridgehead atoms. The van der Waals surface area contributed by atoms with Gasteiger partial charge in [-0.25, -0.2) is 4.79 Å². The van der Waals surface area contributed by atoms with Gasteiger partial charge in [0.05, 0.1) is 4.92 Å². The van der Waals surface area contributed by atoms with Crippen LogP contribution in [0.3, 0.4) is 0 Å². The smallest absolute Gasteiger partial charge is 0.319 e. The number of rotatable bonds is 5. The first-order chi connectivity index (χ1) is 13.0. The van der Waals surface area contributed by atoms with Crippen LogP contribution in [0, 0.1) is 17.0 Å². The third-order valence-electron chi connectivity index (χ3n) is 4.84. The van der Waals surface area contributed by atoms with Crippen LogP contribution in [0.5, 0.6) is 0 Å². The minimum atomic E-state index is -0.444. The predicted octanol–water partition coefficient (Wildman–Crippen LogP) is 3.69. The number of aryl methyl sites for hydroxylation is 1. The Morgan fingerprint density at radius 2 is 1.89 bits per heavy atom. The van der Waals surface area contributed by atoms with Crippen molar-refractivity contribution in [2.45, 2.75) is 32.4 Å². The summed E-state index contributed by atoms with van der Waals surface area (Å²) in [5, 5.41) is 16.7. The molecule has 2 aromatic carbocycles. The molecule has 2 aromatic rings. The van der Waals surface area contributed by atoms with E-state index in [0.717, 1.165) is 32.5 Å². The summed E-state index contributed by atoms with van der Waals surface area (Å²) >= 11 is 0. The van der Waals surface area contributed by atoms with Crippen molar-refractivity contribution in [2.24, 2.45) is 0 Å². The molecule has 0 saturated carbocycles. The number of nitrogens with one attached hydrogen (secondary N) is 2. The van der Waals surface area contributed by atoms with Crippen LogP contribution in [-0.2, 0) is 6.54 Å². The van der Waals surface area contributed by atoms with E-state index < -0.39 is 4.92 Å². The molecule has 0 spiro atoms. The number of nitrogens with zero attached hydrogens (tertiary/aromatic N) is 2. The molecule has 3 rings (SSSR count). The van der Waals surface area contributed by atoms with Crippen molar-refractivity contribution in [2.75, 3.05) is 18.4 Å². The second-order valence-corrected chi connectivity index (χ2v) is 6.89. The first-order valence-electron chi connectivity index (χ1n) is 9.10. The van der Waals surface area contributed by atoms with Crippen LogP contribution in [0.25, 0.3) is 0 Å². The molecule has 0 unspecified atom stereocenters. The van der Waals surface area contributed by atoms with Crippen molar-refractivity contribution in [3.8, 4) is 0 Å². The van der Waals surface area contributed by atoms with Crippen molar-refractivity contribution in [3.05, 3.63) is 69.8 Å². The molecule has 0 atom stereocenters. The van der Waals surface area contributed by atoms with Crippen molar-refractivity contribution < 1.29 is 9.72 Å². The number of nitro benzene ring substituents is 1. The predicted molar refractivity (Wildman–Crippen MR) is 105 cm³/mol. The van der Waals surface area contributed by atoms with Gasteiger partial charge < -0.3 is 10.6 Å². The largest absolute Gasteiger partial charge is 0.335 e. The van der Waals surface area contributed by atoms with Gasteiger partial charge in [-0.15, -0.1) is 0 Å². The third kappa shape index (κ3) is 5.27. The van der Waals surface area contributed by atoms with Crippen LogP contribution < -0.4 is 10.6 Å². The zero-order valence-corrected chi connectivity index (χ0v) is 15.4. The monoisotopic (exact) mass is 368 g/mol. The lowest BCUT2D eigenvalue weighted by molar-refractivity contribution is -0.385. The SMILES string of the molecule is Cc1ccc(NC(=O)NC2CCN(Cc3ccccc3)CC2)cc1[N+](=O)[O-]. The highest BCUT2D eigenvalue weighted by atomic mass is 16.6. The van der Waals surface area contributed by atoms with E-state index in [4.69, 9.17) is 0 Å². The average Bonchev–Trinajstić information content (AvgIpc) is 2.65. The zero-order chi connectivity index (χ0) is 19.2. The van der Waals surface area contributed by atoms with E-state index in [-0.39, 0.29) is 17.8 Å². The molecule has 0 aliphatic carbocycles. The minimum Gasteiger partial charge on any atom is -0.335 e. The average molecular weight is 368 g/mol. The Morgan fingerprint density at radius 1 is 1.19 bits per heavy atom. The second kappa shape index (κ2) is 8.64. The molecule has 1 saturated heterocycles. The number of piperidine rings is 1. The van der Waals surface area contributed by atoms with Crippen LogP contribution in [-0.4, -0.2) is 35.0 Å². The van der Waals surface area contributed by atoms with Crippen LogP contribution in [0.15, 0.2) is 48.5 Å². The maximum Gasteiger partial charge on any atom is 0.319 e. The number of amides is 2. The van der Waals surface area contributed by atoms with Crippen molar-refractivity contribution >= 4 is 17.4 Å². The van der Waals surface area contributed by atoms with E-state index in [1.165, 1.54) is 11.6 Å². The van der Waals surface area contributed by atoms with E-state index in [0.29, 0.717) is 11.3 Å². The summed E-state index contributed by atoms with van der Waals surface area (Å²) in [5.41, 5.74) is 2.28. The van der Waals surface area contributed by atoms with Gasteiger partial charge in [-0.05, 0) is 31.4 Å². The lowest BCUT2D eigenvalue weighted by atomic mass is 10.0. The Bertz CT molecular complexity index is 802. The van der Waals surface area contributed by atoms with Gasteiger partial charge in [-0.1, -0.05) is 36.4 Å². The van der Waals surface area contributed by atoms with Crippen molar-refractivity contribution in [3.63, 3.8) is 0 Å².